The average molecular weight is 232 g/mol. The van der Waals surface area contributed by atoms with Crippen LogP contribution in [-0.4, -0.2) is 22.1 Å². The molecule has 1 fully saturated rings. The van der Waals surface area contributed by atoms with Crippen molar-refractivity contribution in [2.45, 2.75) is 25.8 Å². The number of carbonyl (C=O) groups is 1. The third kappa shape index (κ3) is 2.04. The molecule has 1 amide bonds. The molecule has 1 aromatic rings. The molecule has 1 aliphatic rings. The van der Waals surface area contributed by atoms with Crippen LogP contribution < -0.4 is 5.32 Å². The maximum Gasteiger partial charge on any atom is 0.282 e. The summed E-state index contributed by atoms with van der Waals surface area (Å²) in [6.07, 6.45) is 2.19. The fourth-order valence-electron chi connectivity index (χ4n) is 1.40. The van der Waals surface area contributed by atoms with Crippen LogP contribution in [0.4, 0.5) is 0 Å². The van der Waals surface area contributed by atoms with Crippen LogP contribution in [0.15, 0.2) is 0 Å². The number of nitrogens with zero attached hydrogens (tertiary/aromatic N) is 2. The highest BCUT2D eigenvalue weighted by atomic mass is 35.5. The second-order valence-corrected chi connectivity index (χ2v) is 4.90. The first-order chi connectivity index (χ1) is 6.70. The van der Waals surface area contributed by atoms with Gasteiger partial charge in [-0.2, -0.15) is 0 Å². The number of nitrogens with one attached hydrogen (secondary N) is 1. The lowest BCUT2D eigenvalue weighted by molar-refractivity contribution is 0.0948. The molecule has 1 aromatic heterocycles. The van der Waals surface area contributed by atoms with Crippen LogP contribution in [0, 0.1) is 5.92 Å². The summed E-state index contributed by atoms with van der Waals surface area (Å²) in [6.45, 7) is 2.12. The second kappa shape index (κ2) is 3.82. The van der Waals surface area contributed by atoms with E-state index in [1.165, 1.54) is 0 Å². The summed E-state index contributed by atoms with van der Waals surface area (Å²) in [5.74, 6) is 0.484. The first-order valence-electron chi connectivity index (χ1n) is 4.50. The van der Waals surface area contributed by atoms with Gasteiger partial charge < -0.3 is 5.32 Å². The molecule has 1 N–H and O–H groups in total. The molecule has 76 valence electrons. The minimum atomic E-state index is -0.157. The monoisotopic (exact) mass is 231 g/mol. The Balaban J connectivity index is 1.91. The molecule has 0 bridgehead atoms. The van der Waals surface area contributed by atoms with E-state index >= 15 is 0 Å². The van der Waals surface area contributed by atoms with Gasteiger partial charge in [-0.25, -0.2) is 0 Å². The minimum absolute atomic E-state index is 0.157. The lowest BCUT2D eigenvalue weighted by Crippen LogP contribution is -2.26. The number of amides is 1. The quantitative estimate of drug-likeness (QED) is 0.862. The van der Waals surface area contributed by atoms with Crippen molar-refractivity contribution in [3.8, 4) is 0 Å². The van der Waals surface area contributed by atoms with Crippen molar-refractivity contribution in [3.63, 3.8) is 0 Å². The van der Waals surface area contributed by atoms with Gasteiger partial charge in [-0.05, 0) is 23.9 Å². The smallest absolute Gasteiger partial charge is 0.282 e. The lowest BCUT2D eigenvalue weighted by atomic mass is 10.3. The Labute approximate surface area is 90.7 Å². The number of halogens is 1. The van der Waals surface area contributed by atoms with Crippen molar-refractivity contribution in [1.29, 1.82) is 0 Å². The molecule has 1 heterocycles. The lowest BCUT2D eigenvalue weighted by Gasteiger charge is -1.99. The van der Waals surface area contributed by atoms with Gasteiger partial charge in [0.2, 0.25) is 9.47 Å². The molecule has 4 nitrogen and oxygen atoms in total. The van der Waals surface area contributed by atoms with Gasteiger partial charge in [0, 0.05) is 6.04 Å². The first kappa shape index (κ1) is 9.86. The van der Waals surface area contributed by atoms with E-state index in [1.807, 2.05) is 0 Å². The Morgan fingerprint density at radius 2 is 2.50 bits per heavy atom. The maximum atomic E-state index is 11.5. The van der Waals surface area contributed by atoms with Crippen molar-refractivity contribution < 1.29 is 4.79 Å². The third-order valence-corrected chi connectivity index (χ3v) is 3.38. The van der Waals surface area contributed by atoms with Crippen LogP contribution in [0.2, 0.25) is 4.47 Å². The molecule has 1 aliphatic carbocycles. The molecule has 0 spiro atoms. The van der Waals surface area contributed by atoms with E-state index in [2.05, 4.69) is 22.4 Å². The molecule has 2 atom stereocenters. The van der Waals surface area contributed by atoms with E-state index in [0.29, 0.717) is 21.4 Å². The molecule has 1 saturated carbocycles. The normalized spacial score (nSPS) is 24.7. The topological polar surface area (TPSA) is 54.9 Å². The number of aromatic nitrogens is 2. The van der Waals surface area contributed by atoms with Crippen LogP contribution in [0.25, 0.3) is 0 Å². The van der Waals surface area contributed by atoms with Gasteiger partial charge >= 0.3 is 0 Å². The van der Waals surface area contributed by atoms with Crippen LogP contribution in [-0.2, 0) is 0 Å². The summed E-state index contributed by atoms with van der Waals surface area (Å²) >= 11 is 6.68. The molecular weight excluding hydrogens is 222 g/mol. The van der Waals surface area contributed by atoms with Crippen molar-refractivity contribution in [1.82, 2.24) is 15.5 Å². The Kier molecular flexibility index (Phi) is 2.69. The van der Waals surface area contributed by atoms with Gasteiger partial charge in [0.25, 0.3) is 5.91 Å². The van der Waals surface area contributed by atoms with Crippen LogP contribution in [0.5, 0.6) is 0 Å². The summed E-state index contributed by atoms with van der Waals surface area (Å²) in [5, 5.41) is 10.5. The predicted molar refractivity (Wildman–Crippen MR) is 54.6 cm³/mol. The van der Waals surface area contributed by atoms with E-state index in [0.717, 1.165) is 24.2 Å². The fourth-order valence-corrected chi connectivity index (χ4v) is 2.13. The number of rotatable bonds is 3. The molecule has 2 rings (SSSR count). The molecule has 0 radical (unpaired) electrons. The van der Waals surface area contributed by atoms with Crippen molar-refractivity contribution in [2.75, 3.05) is 0 Å². The summed E-state index contributed by atoms with van der Waals surface area (Å²) in [6, 6.07) is 0.329. The van der Waals surface area contributed by atoms with Gasteiger partial charge in [-0.1, -0.05) is 24.7 Å². The number of carbonyl (C=O) groups excluding carboxylic acids is 1. The van der Waals surface area contributed by atoms with Crippen LogP contribution >= 0.6 is 22.9 Å². The molecular formula is C8H10ClN3OS. The average Bonchev–Trinajstić information content (AvgIpc) is 2.77. The van der Waals surface area contributed by atoms with Crippen molar-refractivity contribution in [2.24, 2.45) is 5.92 Å². The zero-order chi connectivity index (χ0) is 10.1. The van der Waals surface area contributed by atoms with E-state index in [-0.39, 0.29) is 5.91 Å². The Hall–Kier alpha value is -0.680. The zero-order valence-electron chi connectivity index (χ0n) is 7.66. The predicted octanol–water partition coefficient (Wildman–Crippen LogP) is 1.72. The summed E-state index contributed by atoms with van der Waals surface area (Å²) < 4.78 is 0.304. The molecule has 14 heavy (non-hydrogen) atoms. The van der Waals surface area contributed by atoms with Gasteiger partial charge in [0.15, 0.2) is 0 Å². The highest BCUT2D eigenvalue weighted by molar-refractivity contribution is 7.17. The Bertz CT molecular complexity index is 354. The summed E-state index contributed by atoms with van der Waals surface area (Å²) in [5.41, 5.74) is 0. The highest BCUT2D eigenvalue weighted by Crippen LogP contribution is 2.33. The van der Waals surface area contributed by atoms with Gasteiger partial charge in [0.05, 0.1) is 0 Å². The first-order valence-corrected chi connectivity index (χ1v) is 5.70. The maximum absolute atomic E-state index is 11.5. The van der Waals surface area contributed by atoms with Crippen molar-refractivity contribution >= 4 is 28.8 Å². The largest absolute Gasteiger partial charge is 0.347 e. The minimum Gasteiger partial charge on any atom is -0.347 e. The number of hydrogen-bond donors (Lipinski definition) is 1. The molecule has 0 aromatic carbocycles. The van der Waals surface area contributed by atoms with Crippen LogP contribution in [0.1, 0.15) is 29.6 Å². The van der Waals surface area contributed by atoms with Gasteiger partial charge in [-0.3, -0.25) is 4.79 Å². The molecule has 2 unspecified atom stereocenters. The third-order valence-electron chi connectivity index (χ3n) is 2.36. The zero-order valence-corrected chi connectivity index (χ0v) is 9.23. The Morgan fingerprint density at radius 3 is 3.00 bits per heavy atom. The molecule has 0 aliphatic heterocycles. The number of hydrogen-bond acceptors (Lipinski definition) is 4. The van der Waals surface area contributed by atoms with E-state index < -0.39 is 0 Å². The molecule has 6 heteroatoms. The van der Waals surface area contributed by atoms with Crippen LogP contribution in [0.3, 0.4) is 0 Å². The highest BCUT2D eigenvalue weighted by Gasteiger charge is 2.37. The van der Waals surface area contributed by atoms with E-state index in [4.69, 9.17) is 11.6 Å². The summed E-state index contributed by atoms with van der Waals surface area (Å²) in [4.78, 5) is 11.5. The van der Waals surface area contributed by atoms with E-state index in [9.17, 15) is 4.79 Å². The standard InChI is InChI=1S/C8H10ClN3OS/c1-2-4-3-5(4)10-6(13)7-11-12-8(9)14-7/h4-5H,2-3H2,1H3,(H,10,13). The molecule has 0 saturated heterocycles. The van der Waals surface area contributed by atoms with Crippen molar-refractivity contribution in [3.05, 3.63) is 9.47 Å². The van der Waals surface area contributed by atoms with Gasteiger partial charge in [-0.15, -0.1) is 10.2 Å². The van der Waals surface area contributed by atoms with Gasteiger partial charge in [0.1, 0.15) is 0 Å². The van der Waals surface area contributed by atoms with E-state index in [1.54, 1.807) is 0 Å². The fraction of sp³-hybridized carbons (Fsp3) is 0.625. The summed E-state index contributed by atoms with van der Waals surface area (Å²) in [7, 11) is 0. The Morgan fingerprint density at radius 1 is 1.71 bits per heavy atom. The second-order valence-electron chi connectivity index (χ2n) is 3.34. The SMILES string of the molecule is CCC1CC1NC(=O)c1nnc(Cl)s1.